The Morgan fingerprint density at radius 1 is 1.06 bits per heavy atom. The van der Waals surface area contributed by atoms with Crippen molar-refractivity contribution < 1.29 is 24.2 Å². The first-order chi connectivity index (χ1) is 15.5. The quantitative estimate of drug-likeness (QED) is 0.559. The van der Waals surface area contributed by atoms with Gasteiger partial charge in [-0.25, -0.2) is 9.59 Å². The molecule has 0 unspecified atom stereocenters. The van der Waals surface area contributed by atoms with Crippen LogP contribution in [0.15, 0.2) is 48.5 Å². The average molecular weight is 435 g/mol. The Balaban J connectivity index is 1.33. The van der Waals surface area contributed by atoms with Gasteiger partial charge in [0.1, 0.15) is 18.5 Å². The standard InChI is InChI=1S/C27H30O5/c1-27-14-13-21-20-10-8-19(31-26(30)17-5-3-2-4-6-17)15-18(20)7-9-22(21)23(27)11-12-24(27)32-25(29)16-28/h2-6,8,10,15,21-24,28H,7,9,11-14,16H2,1H3/t21-,22-,23+,24+,27+/m1/s1. The molecule has 5 nitrogen and oxygen atoms in total. The van der Waals surface area contributed by atoms with Gasteiger partial charge in [-0.05, 0) is 91.7 Å². The summed E-state index contributed by atoms with van der Waals surface area (Å²) in [7, 11) is 0. The third kappa shape index (κ3) is 3.62. The molecule has 0 aliphatic heterocycles. The first kappa shape index (κ1) is 21.2. The third-order valence-electron chi connectivity index (χ3n) is 8.23. The lowest BCUT2D eigenvalue weighted by atomic mass is 9.55. The number of benzene rings is 2. The molecular weight excluding hydrogens is 404 g/mol. The summed E-state index contributed by atoms with van der Waals surface area (Å²) >= 11 is 0. The number of carbonyl (C=O) groups excluding carboxylic acids is 2. The second-order valence-electron chi connectivity index (χ2n) is 9.79. The van der Waals surface area contributed by atoms with E-state index in [1.165, 1.54) is 11.1 Å². The Hall–Kier alpha value is -2.66. The van der Waals surface area contributed by atoms with Crippen molar-refractivity contribution >= 4 is 11.9 Å². The van der Waals surface area contributed by atoms with E-state index in [9.17, 15) is 9.59 Å². The molecule has 32 heavy (non-hydrogen) atoms. The SMILES string of the molecule is C[C@]12CC[C@@H]3c4ccc(OC(=O)c5ccccc5)cc4CC[C@H]3[C@@H]1CC[C@@H]2OC(=O)CO. The van der Waals surface area contributed by atoms with Crippen LogP contribution in [0.25, 0.3) is 0 Å². The van der Waals surface area contributed by atoms with E-state index < -0.39 is 12.6 Å². The minimum Gasteiger partial charge on any atom is -0.460 e. The Morgan fingerprint density at radius 3 is 2.66 bits per heavy atom. The first-order valence-electron chi connectivity index (χ1n) is 11.7. The second-order valence-corrected chi connectivity index (χ2v) is 9.79. The van der Waals surface area contributed by atoms with Crippen molar-refractivity contribution in [2.45, 2.75) is 57.5 Å². The van der Waals surface area contributed by atoms with Crippen molar-refractivity contribution in [3.63, 3.8) is 0 Å². The van der Waals surface area contributed by atoms with E-state index in [0.29, 0.717) is 29.1 Å². The van der Waals surface area contributed by atoms with Crippen molar-refractivity contribution in [2.24, 2.45) is 17.3 Å². The average Bonchev–Trinajstić information content (AvgIpc) is 3.15. The number of ether oxygens (including phenoxy) is 2. The number of hydrogen-bond donors (Lipinski definition) is 1. The summed E-state index contributed by atoms with van der Waals surface area (Å²) in [6, 6.07) is 15.2. The van der Waals surface area contributed by atoms with Crippen LogP contribution < -0.4 is 4.74 Å². The van der Waals surface area contributed by atoms with Crippen LogP contribution in [0.4, 0.5) is 0 Å². The maximum Gasteiger partial charge on any atom is 0.343 e. The molecule has 5 heteroatoms. The Morgan fingerprint density at radius 2 is 1.88 bits per heavy atom. The summed E-state index contributed by atoms with van der Waals surface area (Å²) in [5.74, 6) is 1.38. The van der Waals surface area contributed by atoms with Crippen LogP contribution in [0.1, 0.15) is 66.4 Å². The number of fused-ring (bicyclic) bond motifs is 5. The molecule has 2 saturated carbocycles. The lowest BCUT2D eigenvalue weighted by molar-refractivity contribution is -0.160. The highest BCUT2D eigenvalue weighted by molar-refractivity contribution is 5.91. The van der Waals surface area contributed by atoms with E-state index in [2.05, 4.69) is 13.0 Å². The predicted octanol–water partition coefficient (Wildman–Crippen LogP) is 4.67. The summed E-state index contributed by atoms with van der Waals surface area (Å²) in [5, 5.41) is 9.11. The largest absolute Gasteiger partial charge is 0.460 e. The minimum atomic E-state index is -0.548. The number of aliphatic hydroxyl groups excluding tert-OH is 1. The summed E-state index contributed by atoms with van der Waals surface area (Å²) in [4.78, 5) is 24.1. The molecular formula is C27H30O5. The van der Waals surface area contributed by atoms with Crippen molar-refractivity contribution in [3.05, 3.63) is 65.2 Å². The molecule has 3 aliphatic carbocycles. The molecule has 5 atom stereocenters. The molecule has 0 bridgehead atoms. The maximum absolute atomic E-state index is 12.4. The van der Waals surface area contributed by atoms with Crippen molar-refractivity contribution in [3.8, 4) is 5.75 Å². The monoisotopic (exact) mass is 434 g/mol. The molecule has 0 saturated heterocycles. The zero-order valence-corrected chi connectivity index (χ0v) is 18.5. The zero-order chi connectivity index (χ0) is 22.3. The van der Waals surface area contributed by atoms with Crippen LogP contribution in [0.5, 0.6) is 5.75 Å². The Kier molecular flexibility index (Phi) is 5.54. The highest BCUT2D eigenvalue weighted by Crippen LogP contribution is 2.61. The van der Waals surface area contributed by atoms with Crippen LogP contribution in [0, 0.1) is 17.3 Å². The van der Waals surface area contributed by atoms with Gasteiger partial charge >= 0.3 is 11.9 Å². The molecule has 2 aromatic rings. The molecule has 1 N–H and O–H groups in total. The minimum absolute atomic E-state index is 0.00530. The number of esters is 2. The van der Waals surface area contributed by atoms with Gasteiger partial charge in [-0.2, -0.15) is 0 Å². The smallest absolute Gasteiger partial charge is 0.343 e. The van der Waals surface area contributed by atoms with E-state index >= 15 is 0 Å². The van der Waals surface area contributed by atoms with Crippen molar-refractivity contribution in [1.29, 1.82) is 0 Å². The number of hydrogen-bond acceptors (Lipinski definition) is 5. The van der Waals surface area contributed by atoms with Gasteiger partial charge in [0.15, 0.2) is 0 Å². The molecule has 3 aliphatic rings. The zero-order valence-electron chi connectivity index (χ0n) is 18.5. The fraction of sp³-hybridized carbons (Fsp3) is 0.481. The number of aryl methyl sites for hydroxylation is 1. The van der Waals surface area contributed by atoms with Gasteiger partial charge in [-0.3, -0.25) is 0 Å². The van der Waals surface area contributed by atoms with Crippen LogP contribution in [-0.4, -0.2) is 29.8 Å². The molecule has 0 aromatic heterocycles. The van der Waals surface area contributed by atoms with E-state index in [0.717, 1.165) is 38.5 Å². The normalized spacial score (nSPS) is 30.6. The van der Waals surface area contributed by atoms with E-state index in [-0.39, 0.29) is 17.5 Å². The fourth-order valence-electron chi connectivity index (χ4n) is 6.70. The highest BCUT2D eigenvalue weighted by Gasteiger charge is 2.56. The van der Waals surface area contributed by atoms with Gasteiger partial charge in [0.2, 0.25) is 0 Å². The summed E-state index contributed by atoms with van der Waals surface area (Å²) in [6.45, 7) is 1.73. The molecule has 2 aromatic carbocycles. The van der Waals surface area contributed by atoms with E-state index in [1.807, 2.05) is 30.3 Å². The lowest BCUT2D eigenvalue weighted by Gasteiger charge is -2.50. The number of carbonyl (C=O) groups is 2. The third-order valence-corrected chi connectivity index (χ3v) is 8.23. The lowest BCUT2D eigenvalue weighted by Crippen LogP contribution is -2.45. The maximum atomic E-state index is 12.4. The van der Waals surface area contributed by atoms with Gasteiger partial charge in [0.25, 0.3) is 0 Å². The Bertz CT molecular complexity index is 1020. The molecule has 2 fully saturated rings. The van der Waals surface area contributed by atoms with Gasteiger partial charge in [0.05, 0.1) is 5.56 Å². The van der Waals surface area contributed by atoms with Crippen LogP contribution in [0.3, 0.4) is 0 Å². The molecule has 5 rings (SSSR count). The van der Waals surface area contributed by atoms with Gasteiger partial charge in [-0.1, -0.05) is 31.2 Å². The predicted molar refractivity (Wildman–Crippen MR) is 119 cm³/mol. The summed E-state index contributed by atoms with van der Waals surface area (Å²) in [6.07, 6.45) is 6.04. The van der Waals surface area contributed by atoms with Crippen LogP contribution >= 0.6 is 0 Å². The van der Waals surface area contributed by atoms with E-state index in [1.54, 1.807) is 12.1 Å². The van der Waals surface area contributed by atoms with Crippen LogP contribution in [-0.2, 0) is 16.0 Å². The van der Waals surface area contributed by atoms with Crippen LogP contribution in [0.2, 0.25) is 0 Å². The number of rotatable bonds is 4. The Labute approximate surface area is 188 Å². The summed E-state index contributed by atoms with van der Waals surface area (Å²) in [5.41, 5.74) is 3.22. The highest BCUT2D eigenvalue weighted by atomic mass is 16.6. The number of aliphatic hydroxyl groups is 1. The van der Waals surface area contributed by atoms with E-state index in [4.69, 9.17) is 14.6 Å². The van der Waals surface area contributed by atoms with Gasteiger partial charge in [0, 0.05) is 5.41 Å². The molecule has 0 amide bonds. The summed E-state index contributed by atoms with van der Waals surface area (Å²) < 4.78 is 11.3. The van der Waals surface area contributed by atoms with Gasteiger partial charge < -0.3 is 14.6 Å². The second kappa shape index (κ2) is 8.36. The fourth-order valence-corrected chi connectivity index (χ4v) is 6.70. The molecule has 0 heterocycles. The molecule has 0 radical (unpaired) electrons. The first-order valence-corrected chi connectivity index (χ1v) is 11.7. The van der Waals surface area contributed by atoms with Gasteiger partial charge in [-0.15, -0.1) is 0 Å². The molecule has 0 spiro atoms. The van der Waals surface area contributed by atoms with Crippen molar-refractivity contribution in [2.75, 3.05) is 6.61 Å². The topological polar surface area (TPSA) is 72.8 Å². The molecule has 168 valence electrons. The van der Waals surface area contributed by atoms with Crippen molar-refractivity contribution in [1.82, 2.24) is 0 Å².